The van der Waals surface area contributed by atoms with Crippen LogP contribution in [0.3, 0.4) is 0 Å². The van der Waals surface area contributed by atoms with Crippen LogP contribution in [0.4, 0.5) is 4.79 Å². The molecule has 4 aromatic carbocycles. The van der Waals surface area contributed by atoms with Crippen molar-refractivity contribution in [1.82, 2.24) is 4.90 Å². The van der Waals surface area contributed by atoms with Crippen LogP contribution in [0.25, 0.3) is 32.3 Å². The molecule has 0 aliphatic carbocycles. The highest BCUT2D eigenvalue weighted by atomic mass is 32.1. The normalized spacial score (nSPS) is 13.0. The van der Waals surface area contributed by atoms with E-state index in [0.717, 1.165) is 12.0 Å². The van der Waals surface area contributed by atoms with Crippen LogP contribution in [0, 0.1) is 0 Å². The van der Waals surface area contributed by atoms with Crippen LogP contribution in [0.5, 0.6) is 0 Å². The highest BCUT2D eigenvalue weighted by molar-refractivity contribution is 7.13. The molecule has 0 saturated heterocycles. The lowest BCUT2D eigenvalue weighted by Crippen LogP contribution is -2.36. The predicted octanol–water partition coefficient (Wildman–Crippen LogP) is 7.93. The fraction of sp³-hybridized carbons (Fsp3) is 0.129. The van der Waals surface area contributed by atoms with Crippen molar-refractivity contribution < 1.29 is 9.53 Å². The van der Waals surface area contributed by atoms with Crippen LogP contribution in [-0.4, -0.2) is 17.5 Å². The average molecular weight is 476 g/mol. The molecule has 1 amide bonds. The number of carbonyl (C=O) groups excluding carboxylic acids is 1. The van der Waals surface area contributed by atoms with Crippen LogP contribution in [0.2, 0.25) is 0 Å². The molecule has 0 unspecified atom stereocenters. The summed E-state index contributed by atoms with van der Waals surface area (Å²) in [6, 6.07) is 33.4. The highest BCUT2D eigenvalue weighted by Crippen LogP contribution is 2.45. The number of rotatable bonds is 4. The molecule has 1 aliphatic rings. The van der Waals surface area contributed by atoms with Crippen LogP contribution in [-0.2, 0) is 24.3 Å². The summed E-state index contributed by atoms with van der Waals surface area (Å²) in [6.45, 7) is 1.47. The Morgan fingerprint density at radius 3 is 2.17 bits per heavy atom. The minimum atomic E-state index is -0.258. The van der Waals surface area contributed by atoms with Gasteiger partial charge in [-0.15, -0.1) is 11.3 Å². The van der Waals surface area contributed by atoms with Crippen LogP contribution >= 0.6 is 11.3 Å². The summed E-state index contributed by atoms with van der Waals surface area (Å²) in [7, 11) is 0. The molecule has 1 aromatic heterocycles. The van der Waals surface area contributed by atoms with Gasteiger partial charge < -0.3 is 9.64 Å². The number of thiophene rings is 1. The SMILES string of the molecule is O=C(OCc1ccccc1)N1CCc2c(c(-c3cccs3)c3ccccc3c2-c2ccccc2)C1. The highest BCUT2D eigenvalue weighted by Gasteiger charge is 2.29. The summed E-state index contributed by atoms with van der Waals surface area (Å²) in [5, 5.41) is 4.61. The molecule has 0 N–H and O–H groups in total. The van der Waals surface area contributed by atoms with Crippen molar-refractivity contribution in [3.8, 4) is 21.6 Å². The van der Waals surface area contributed by atoms with Gasteiger partial charge in [-0.25, -0.2) is 4.79 Å². The first-order valence-electron chi connectivity index (χ1n) is 11.9. The second kappa shape index (κ2) is 9.40. The van der Waals surface area contributed by atoms with E-state index in [-0.39, 0.29) is 12.7 Å². The second-order valence-corrected chi connectivity index (χ2v) is 9.76. The number of hydrogen-bond donors (Lipinski definition) is 0. The molecule has 4 heteroatoms. The Morgan fingerprint density at radius 2 is 1.46 bits per heavy atom. The van der Waals surface area contributed by atoms with Gasteiger partial charge in [0.15, 0.2) is 0 Å². The molecule has 172 valence electrons. The molecule has 6 rings (SSSR count). The Morgan fingerprint density at radius 1 is 0.771 bits per heavy atom. The number of amides is 1. The smallest absolute Gasteiger partial charge is 0.410 e. The fourth-order valence-electron chi connectivity index (χ4n) is 5.12. The van der Waals surface area contributed by atoms with E-state index in [9.17, 15) is 4.79 Å². The Labute approximate surface area is 209 Å². The van der Waals surface area contributed by atoms with Gasteiger partial charge in [0.2, 0.25) is 0 Å². The van der Waals surface area contributed by atoms with Gasteiger partial charge in [-0.05, 0) is 56.5 Å². The number of hydrogen-bond acceptors (Lipinski definition) is 3. The number of nitrogens with zero attached hydrogens (tertiary/aromatic N) is 1. The predicted molar refractivity (Wildman–Crippen MR) is 143 cm³/mol. The third kappa shape index (κ3) is 4.11. The molecule has 3 nitrogen and oxygen atoms in total. The van der Waals surface area contributed by atoms with E-state index in [1.165, 1.54) is 43.5 Å². The monoisotopic (exact) mass is 475 g/mol. The maximum absolute atomic E-state index is 13.1. The number of ether oxygens (including phenoxy) is 1. The van der Waals surface area contributed by atoms with E-state index in [0.29, 0.717) is 13.1 Å². The van der Waals surface area contributed by atoms with Crippen molar-refractivity contribution in [3.05, 3.63) is 119 Å². The lowest BCUT2D eigenvalue weighted by Gasteiger charge is -2.32. The summed E-state index contributed by atoms with van der Waals surface area (Å²) in [5.74, 6) is 0. The zero-order valence-corrected chi connectivity index (χ0v) is 20.1. The van der Waals surface area contributed by atoms with Gasteiger partial charge in [0.25, 0.3) is 0 Å². The Hall–Kier alpha value is -3.89. The average Bonchev–Trinajstić information content (AvgIpc) is 3.45. The van der Waals surface area contributed by atoms with Gasteiger partial charge in [-0.3, -0.25) is 0 Å². The molecule has 1 aliphatic heterocycles. The molecule has 5 aromatic rings. The van der Waals surface area contributed by atoms with E-state index in [1.807, 2.05) is 35.2 Å². The summed E-state index contributed by atoms with van der Waals surface area (Å²) in [5.41, 5.74) is 7.31. The van der Waals surface area contributed by atoms with Gasteiger partial charge >= 0.3 is 6.09 Å². The Bertz CT molecular complexity index is 1480. The Balaban J connectivity index is 1.46. The number of fused-ring (bicyclic) bond motifs is 2. The first-order chi connectivity index (χ1) is 17.3. The maximum Gasteiger partial charge on any atom is 0.410 e. The van der Waals surface area contributed by atoms with Crippen LogP contribution in [0.15, 0.2) is 102 Å². The van der Waals surface area contributed by atoms with Crippen molar-refractivity contribution in [2.24, 2.45) is 0 Å². The van der Waals surface area contributed by atoms with Crippen molar-refractivity contribution in [2.45, 2.75) is 19.6 Å². The second-order valence-electron chi connectivity index (χ2n) is 8.81. The zero-order valence-electron chi connectivity index (χ0n) is 19.3. The van der Waals surface area contributed by atoms with Gasteiger partial charge in [0.05, 0.1) is 0 Å². The minimum Gasteiger partial charge on any atom is -0.445 e. The molecular weight excluding hydrogens is 450 g/mol. The fourth-order valence-corrected chi connectivity index (χ4v) is 5.93. The molecule has 0 saturated carbocycles. The minimum absolute atomic E-state index is 0.258. The molecule has 0 fully saturated rings. The van der Waals surface area contributed by atoms with Crippen molar-refractivity contribution in [2.75, 3.05) is 6.54 Å². The lowest BCUT2D eigenvalue weighted by atomic mass is 9.82. The van der Waals surface area contributed by atoms with Gasteiger partial charge in [0.1, 0.15) is 6.61 Å². The summed E-state index contributed by atoms with van der Waals surface area (Å²) < 4.78 is 5.71. The van der Waals surface area contributed by atoms with Crippen LogP contribution in [0.1, 0.15) is 16.7 Å². The van der Waals surface area contributed by atoms with E-state index in [4.69, 9.17) is 4.74 Å². The van der Waals surface area contributed by atoms with E-state index in [2.05, 4.69) is 72.1 Å². The summed E-state index contributed by atoms with van der Waals surface area (Å²) in [4.78, 5) is 16.2. The summed E-state index contributed by atoms with van der Waals surface area (Å²) >= 11 is 1.75. The molecule has 0 spiro atoms. The van der Waals surface area contributed by atoms with E-state index < -0.39 is 0 Å². The third-order valence-electron chi connectivity index (χ3n) is 6.71. The van der Waals surface area contributed by atoms with E-state index in [1.54, 1.807) is 11.3 Å². The molecule has 0 atom stereocenters. The first kappa shape index (κ1) is 21.6. The molecule has 35 heavy (non-hydrogen) atoms. The lowest BCUT2D eigenvalue weighted by molar-refractivity contribution is 0.0920. The van der Waals surface area contributed by atoms with E-state index >= 15 is 0 Å². The van der Waals surface area contributed by atoms with Gasteiger partial charge in [0, 0.05) is 23.5 Å². The molecular formula is C31H25NO2S. The number of carbonyl (C=O) groups is 1. The molecule has 2 heterocycles. The van der Waals surface area contributed by atoms with Crippen molar-refractivity contribution in [3.63, 3.8) is 0 Å². The number of benzene rings is 4. The molecule has 0 bridgehead atoms. The molecule has 0 radical (unpaired) electrons. The Kier molecular flexibility index (Phi) is 5.81. The largest absolute Gasteiger partial charge is 0.445 e. The standard InChI is InChI=1S/C31H25NO2S/c33-31(34-21-22-10-3-1-4-11-22)32-18-17-26-27(20-32)30(28-16-9-19-35-28)25-15-8-7-14-24(25)29(26)23-12-5-2-6-13-23/h1-16,19H,17-18,20-21H2. The first-order valence-corrected chi connectivity index (χ1v) is 12.8. The topological polar surface area (TPSA) is 29.5 Å². The summed E-state index contributed by atoms with van der Waals surface area (Å²) in [6.07, 6.45) is 0.537. The van der Waals surface area contributed by atoms with Crippen molar-refractivity contribution in [1.29, 1.82) is 0 Å². The van der Waals surface area contributed by atoms with Crippen molar-refractivity contribution >= 4 is 28.2 Å². The quantitative estimate of drug-likeness (QED) is 0.264. The maximum atomic E-state index is 13.1. The zero-order chi connectivity index (χ0) is 23.6. The third-order valence-corrected chi connectivity index (χ3v) is 7.59. The van der Waals surface area contributed by atoms with Gasteiger partial charge in [-0.2, -0.15) is 0 Å². The van der Waals surface area contributed by atoms with Gasteiger partial charge in [-0.1, -0.05) is 91.0 Å². The van der Waals surface area contributed by atoms with Crippen LogP contribution < -0.4 is 0 Å².